The van der Waals surface area contributed by atoms with Crippen molar-refractivity contribution in [1.29, 1.82) is 0 Å². The number of esters is 1. The van der Waals surface area contributed by atoms with Crippen LogP contribution in [0.15, 0.2) is 60.7 Å². The minimum atomic E-state index is -0.806. The number of ether oxygens (including phenoxy) is 2. The van der Waals surface area contributed by atoms with Crippen molar-refractivity contribution in [3.05, 3.63) is 88.5 Å². The third-order valence-corrected chi connectivity index (χ3v) is 8.08. The van der Waals surface area contributed by atoms with Gasteiger partial charge in [-0.25, -0.2) is 4.68 Å². The number of fused-ring (bicyclic) bond motifs is 2. The first-order chi connectivity index (χ1) is 18.7. The summed E-state index contributed by atoms with van der Waals surface area (Å²) in [4.78, 5) is 15.6. The molecule has 0 spiro atoms. The van der Waals surface area contributed by atoms with Crippen molar-refractivity contribution in [2.75, 3.05) is 13.7 Å². The van der Waals surface area contributed by atoms with Crippen LogP contribution in [-0.2, 0) is 29.7 Å². The van der Waals surface area contributed by atoms with Crippen LogP contribution < -0.4 is 4.74 Å². The van der Waals surface area contributed by atoms with Gasteiger partial charge in [0, 0.05) is 38.2 Å². The lowest BCUT2D eigenvalue weighted by Crippen LogP contribution is -2.34. The Kier molecular flexibility index (Phi) is 7.45. The molecule has 0 N–H and O–H groups in total. The highest BCUT2D eigenvalue weighted by atomic mass is 16.5. The zero-order valence-corrected chi connectivity index (χ0v) is 23.8. The smallest absolute Gasteiger partial charge is 0.312 e. The molecule has 1 aromatic heterocycles. The van der Waals surface area contributed by atoms with Gasteiger partial charge < -0.3 is 9.47 Å². The summed E-state index contributed by atoms with van der Waals surface area (Å²) in [6.45, 7) is 10.7. The second-order valence-corrected chi connectivity index (χ2v) is 11.2. The molecule has 0 bridgehead atoms. The van der Waals surface area contributed by atoms with Gasteiger partial charge in [-0.1, -0.05) is 54.6 Å². The third kappa shape index (κ3) is 5.28. The van der Waals surface area contributed by atoms with E-state index in [2.05, 4.69) is 71.5 Å². The van der Waals surface area contributed by atoms with Crippen molar-refractivity contribution >= 4 is 17.0 Å². The van der Waals surface area contributed by atoms with Gasteiger partial charge in [-0.2, -0.15) is 0 Å². The van der Waals surface area contributed by atoms with Crippen molar-refractivity contribution in [3.63, 3.8) is 0 Å². The minimum Gasteiger partial charge on any atom is -0.489 e. The van der Waals surface area contributed by atoms with E-state index in [4.69, 9.17) is 9.47 Å². The molecule has 1 aliphatic rings. The fourth-order valence-corrected chi connectivity index (χ4v) is 5.82. The van der Waals surface area contributed by atoms with Gasteiger partial charge in [0.05, 0.1) is 18.0 Å². The van der Waals surface area contributed by atoms with Crippen LogP contribution in [0.5, 0.6) is 5.75 Å². The van der Waals surface area contributed by atoms with E-state index in [0.29, 0.717) is 0 Å². The molecular weight excluding hydrogens is 488 g/mol. The highest BCUT2D eigenvalue weighted by Crippen LogP contribution is 2.43. The van der Waals surface area contributed by atoms with Crippen LogP contribution in [0.1, 0.15) is 60.9 Å². The topological polar surface area (TPSA) is 69.5 Å². The lowest BCUT2D eigenvalue weighted by atomic mass is 9.70. The van der Waals surface area contributed by atoms with E-state index in [1.165, 1.54) is 23.8 Å². The van der Waals surface area contributed by atoms with Crippen LogP contribution in [0.4, 0.5) is 0 Å². The predicted molar refractivity (Wildman–Crippen MR) is 153 cm³/mol. The summed E-state index contributed by atoms with van der Waals surface area (Å²) >= 11 is 0. The molecule has 5 rings (SSSR count). The standard InChI is InChI=1S/C32H38N4O3/c1-7-26-20-36(18-24-10-8-9-11-29(24)39-26)19-25-16-22(13-12-21(25)2)30(32(3,4)31(37)38-6)23-14-15-28-27(17-23)33-34-35(28)5/h8-17,26,30H,7,18-20H2,1-6H3. The number of para-hydroxylation sites is 1. The second kappa shape index (κ2) is 10.8. The molecule has 0 aliphatic carbocycles. The Morgan fingerprint density at radius 2 is 1.87 bits per heavy atom. The van der Waals surface area contributed by atoms with E-state index in [9.17, 15) is 4.79 Å². The number of hydrogen-bond acceptors (Lipinski definition) is 6. The maximum atomic E-state index is 13.1. The molecule has 3 aromatic carbocycles. The lowest BCUT2D eigenvalue weighted by Gasteiger charge is -2.33. The number of rotatable bonds is 7. The van der Waals surface area contributed by atoms with Crippen molar-refractivity contribution in [2.24, 2.45) is 12.5 Å². The second-order valence-electron chi connectivity index (χ2n) is 11.2. The first-order valence-electron chi connectivity index (χ1n) is 13.6. The van der Waals surface area contributed by atoms with Crippen molar-refractivity contribution in [3.8, 4) is 5.75 Å². The molecule has 7 nitrogen and oxygen atoms in total. The molecular formula is C32H38N4O3. The van der Waals surface area contributed by atoms with E-state index >= 15 is 0 Å². The maximum Gasteiger partial charge on any atom is 0.312 e. The van der Waals surface area contributed by atoms with E-state index < -0.39 is 5.41 Å². The van der Waals surface area contributed by atoms with Gasteiger partial charge in [-0.05, 0) is 67.6 Å². The summed E-state index contributed by atoms with van der Waals surface area (Å²) in [5.41, 5.74) is 6.72. The van der Waals surface area contributed by atoms with Gasteiger partial charge in [0.15, 0.2) is 0 Å². The van der Waals surface area contributed by atoms with E-state index in [1.54, 1.807) is 4.68 Å². The molecule has 0 radical (unpaired) electrons. The van der Waals surface area contributed by atoms with Crippen LogP contribution in [0, 0.1) is 12.3 Å². The van der Waals surface area contributed by atoms with Crippen LogP contribution >= 0.6 is 0 Å². The Morgan fingerprint density at radius 1 is 1.13 bits per heavy atom. The van der Waals surface area contributed by atoms with Crippen molar-refractivity contribution in [1.82, 2.24) is 19.9 Å². The third-order valence-electron chi connectivity index (χ3n) is 8.08. The number of aromatic nitrogens is 3. The summed E-state index contributed by atoms with van der Waals surface area (Å²) in [6.07, 6.45) is 1.09. The Morgan fingerprint density at radius 3 is 2.64 bits per heavy atom. The number of aryl methyl sites for hydroxylation is 2. The maximum absolute atomic E-state index is 13.1. The molecule has 0 saturated heterocycles. The quantitative estimate of drug-likeness (QED) is 0.284. The molecule has 7 heteroatoms. The monoisotopic (exact) mass is 526 g/mol. The van der Waals surface area contributed by atoms with Gasteiger partial charge >= 0.3 is 5.97 Å². The minimum absolute atomic E-state index is 0.141. The molecule has 0 saturated carbocycles. The van der Waals surface area contributed by atoms with E-state index in [-0.39, 0.29) is 18.0 Å². The molecule has 2 atom stereocenters. The Hall–Kier alpha value is -3.71. The number of nitrogens with zero attached hydrogens (tertiary/aromatic N) is 4. The molecule has 204 valence electrons. The number of carbonyl (C=O) groups is 1. The van der Waals surface area contributed by atoms with Crippen molar-refractivity contribution in [2.45, 2.75) is 59.2 Å². The van der Waals surface area contributed by atoms with Crippen LogP contribution in [0.3, 0.4) is 0 Å². The average Bonchev–Trinajstić information content (AvgIpc) is 3.19. The van der Waals surface area contributed by atoms with Gasteiger partial charge in [0.25, 0.3) is 0 Å². The number of methoxy groups -OCH3 is 1. The molecule has 2 heterocycles. The molecule has 1 aliphatic heterocycles. The fraction of sp³-hybridized carbons (Fsp3) is 0.406. The van der Waals surface area contributed by atoms with Gasteiger partial charge in [0.2, 0.25) is 0 Å². The Labute approximate surface area is 230 Å². The summed E-state index contributed by atoms with van der Waals surface area (Å²) in [6, 6.07) is 21.1. The van der Waals surface area contributed by atoms with E-state index in [0.717, 1.165) is 54.0 Å². The number of hydrogen-bond donors (Lipinski definition) is 0. The summed E-state index contributed by atoms with van der Waals surface area (Å²) in [5.74, 6) is 0.504. The first-order valence-corrected chi connectivity index (χ1v) is 13.6. The highest BCUT2D eigenvalue weighted by Gasteiger charge is 2.40. The first kappa shape index (κ1) is 26.9. The largest absolute Gasteiger partial charge is 0.489 e. The fourth-order valence-electron chi connectivity index (χ4n) is 5.82. The number of benzene rings is 3. The lowest BCUT2D eigenvalue weighted by molar-refractivity contribution is -0.151. The predicted octanol–water partition coefficient (Wildman–Crippen LogP) is 5.78. The Balaban J connectivity index is 1.54. The molecule has 39 heavy (non-hydrogen) atoms. The van der Waals surface area contributed by atoms with Crippen LogP contribution in [-0.4, -0.2) is 45.6 Å². The normalized spacial score (nSPS) is 16.8. The molecule has 0 fully saturated rings. The highest BCUT2D eigenvalue weighted by molar-refractivity contribution is 5.80. The van der Waals surface area contributed by atoms with Crippen LogP contribution in [0.25, 0.3) is 11.0 Å². The SMILES string of the molecule is CCC1CN(Cc2cc(C(c3ccc4c(c3)nnn4C)C(C)(C)C(=O)OC)ccc2C)Cc2ccccc2O1. The van der Waals surface area contributed by atoms with Gasteiger partial charge in [-0.15, -0.1) is 5.10 Å². The zero-order valence-electron chi connectivity index (χ0n) is 23.8. The summed E-state index contributed by atoms with van der Waals surface area (Å²) < 4.78 is 13.4. The van der Waals surface area contributed by atoms with E-state index in [1.807, 2.05) is 39.1 Å². The molecule has 0 amide bonds. The molecule has 4 aromatic rings. The van der Waals surface area contributed by atoms with Crippen LogP contribution in [0.2, 0.25) is 0 Å². The average molecular weight is 527 g/mol. The summed E-state index contributed by atoms with van der Waals surface area (Å²) in [5, 5.41) is 8.50. The summed E-state index contributed by atoms with van der Waals surface area (Å²) in [7, 11) is 3.34. The van der Waals surface area contributed by atoms with Crippen molar-refractivity contribution < 1.29 is 14.3 Å². The van der Waals surface area contributed by atoms with Gasteiger partial charge in [-0.3, -0.25) is 9.69 Å². The zero-order chi connectivity index (χ0) is 27.7. The van der Waals surface area contributed by atoms with Gasteiger partial charge in [0.1, 0.15) is 17.4 Å². The Bertz CT molecular complexity index is 1490. The number of carbonyl (C=O) groups excluding carboxylic acids is 1. The molecule has 2 unspecified atom stereocenters.